The molecule has 4 aromatic rings. The van der Waals surface area contributed by atoms with Gasteiger partial charge in [-0.2, -0.15) is 0 Å². The molecule has 0 spiro atoms. The van der Waals surface area contributed by atoms with Gasteiger partial charge in [-0.1, -0.05) is 47.7 Å². The number of amides is 1. The predicted octanol–water partition coefficient (Wildman–Crippen LogP) is 6.53. The van der Waals surface area contributed by atoms with Crippen molar-refractivity contribution in [2.24, 2.45) is 0 Å². The molecule has 0 aliphatic heterocycles. The lowest BCUT2D eigenvalue weighted by atomic mass is 9.97. The predicted molar refractivity (Wildman–Crippen MR) is 143 cm³/mol. The maximum Gasteiger partial charge on any atom is 0.251 e. The first-order valence-electron chi connectivity index (χ1n) is 12.4. The van der Waals surface area contributed by atoms with Crippen LogP contribution >= 0.6 is 11.8 Å². The summed E-state index contributed by atoms with van der Waals surface area (Å²) in [5.74, 6) is 0.421. The number of hydrogen-bond donors (Lipinski definition) is 1. The van der Waals surface area contributed by atoms with Gasteiger partial charge in [-0.15, -0.1) is 0 Å². The van der Waals surface area contributed by atoms with Gasteiger partial charge < -0.3 is 9.88 Å². The lowest BCUT2D eigenvalue weighted by molar-refractivity contribution is 0.0954. The molecule has 2 aromatic heterocycles. The number of halogens is 1. The van der Waals surface area contributed by atoms with Crippen LogP contribution in [0.5, 0.6) is 0 Å². The fourth-order valence-corrected chi connectivity index (χ4v) is 5.47. The zero-order valence-corrected chi connectivity index (χ0v) is 20.9. The Morgan fingerprint density at radius 1 is 1.08 bits per heavy atom. The molecular weight excluding hydrogens is 471 g/mol. The van der Waals surface area contributed by atoms with E-state index in [1.807, 2.05) is 36.4 Å². The average Bonchev–Trinajstić information content (AvgIpc) is 3.25. The van der Waals surface area contributed by atoms with E-state index >= 15 is 0 Å². The van der Waals surface area contributed by atoms with Gasteiger partial charge in [-0.25, -0.2) is 9.37 Å². The van der Waals surface area contributed by atoms with Crippen molar-refractivity contribution in [3.63, 3.8) is 0 Å². The van der Waals surface area contributed by atoms with E-state index < -0.39 is 0 Å². The Balaban J connectivity index is 1.22. The van der Waals surface area contributed by atoms with Crippen LogP contribution in [0.2, 0.25) is 0 Å². The molecule has 0 bridgehead atoms. The van der Waals surface area contributed by atoms with Crippen molar-refractivity contribution in [1.29, 1.82) is 0 Å². The molecular formula is C29H29FN4OS. The molecule has 2 aromatic carbocycles. The van der Waals surface area contributed by atoms with E-state index in [9.17, 15) is 9.18 Å². The molecule has 7 heteroatoms. The summed E-state index contributed by atoms with van der Waals surface area (Å²) in [7, 11) is 0. The minimum Gasteiger partial charge on any atom is -0.352 e. The highest BCUT2D eigenvalue weighted by Gasteiger charge is 2.13. The number of thioether (sulfide) groups is 1. The number of hydrogen-bond acceptors (Lipinski definition) is 4. The first-order chi connectivity index (χ1) is 17.7. The lowest BCUT2D eigenvalue weighted by Crippen LogP contribution is -2.24. The van der Waals surface area contributed by atoms with Crippen molar-refractivity contribution in [2.45, 2.75) is 49.6 Å². The van der Waals surface area contributed by atoms with E-state index in [1.165, 1.54) is 30.9 Å². The van der Waals surface area contributed by atoms with E-state index in [1.54, 1.807) is 36.3 Å². The summed E-state index contributed by atoms with van der Waals surface area (Å²) in [4.78, 5) is 21.6. The Hall–Kier alpha value is -3.45. The lowest BCUT2D eigenvalue weighted by Gasteiger charge is -2.13. The van der Waals surface area contributed by atoms with E-state index in [-0.39, 0.29) is 11.7 Å². The Kier molecular flexibility index (Phi) is 7.76. The fraction of sp³-hybridized carbons (Fsp3) is 0.276. The van der Waals surface area contributed by atoms with Gasteiger partial charge in [-0.3, -0.25) is 9.78 Å². The monoisotopic (exact) mass is 500 g/mol. The molecule has 1 amide bonds. The second-order valence-electron chi connectivity index (χ2n) is 9.07. The second-order valence-corrected chi connectivity index (χ2v) is 10.0. The Morgan fingerprint density at radius 2 is 1.97 bits per heavy atom. The van der Waals surface area contributed by atoms with Crippen molar-refractivity contribution in [3.05, 3.63) is 101 Å². The van der Waals surface area contributed by atoms with Crippen LogP contribution < -0.4 is 5.32 Å². The summed E-state index contributed by atoms with van der Waals surface area (Å²) < 4.78 is 15.8. The number of carbonyl (C=O) groups excluding carboxylic acids is 1. The molecule has 1 N–H and O–H groups in total. The van der Waals surface area contributed by atoms with Crippen LogP contribution in [0.1, 0.15) is 53.6 Å². The topological polar surface area (TPSA) is 59.8 Å². The highest BCUT2D eigenvalue weighted by atomic mass is 32.2. The minimum absolute atomic E-state index is 0.0324. The third-order valence-corrected chi connectivity index (χ3v) is 7.49. The quantitative estimate of drug-likeness (QED) is 0.210. The molecule has 0 saturated carbocycles. The van der Waals surface area contributed by atoms with Gasteiger partial charge in [0.1, 0.15) is 5.82 Å². The molecule has 5 rings (SSSR count). The second kappa shape index (κ2) is 11.5. The largest absolute Gasteiger partial charge is 0.352 e. The van der Waals surface area contributed by atoms with Crippen molar-refractivity contribution in [3.8, 4) is 0 Å². The van der Waals surface area contributed by atoms with E-state index in [0.29, 0.717) is 24.4 Å². The third-order valence-electron chi connectivity index (χ3n) is 6.45. The van der Waals surface area contributed by atoms with Crippen molar-refractivity contribution < 1.29 is 9.18 Å². The smallest absolute Gasteiger partial charge is 0.251 e. The van der Waals surface area contributed by atoms with Crippen molar-refractivity contribution in [2.75, 3.05) is 6.54 Å². The molecule has 0 atom stereocenters. The van der Waals surface area contributed by atoms with E-state index in [0.717, 1.165) is 40.2 Å². The van der Waals surface area contributed by atoms with Crippen LogP contribution in [-0.4, -0.2) is 27.0 Å². The van der Waals surface area contributed by atoms with Gasteiger partial charge in [-0.05, 0) is 73.6 Å². The molecule has 0 saturated heterocycles. The third kappa shape index (κ3) is 6.02. The normalized spacial score (nSPS) is 13.5. The average molecular weight is 501 g/mol. The van der Waals surface area contributed by atoms with Crippen LogP contribution in [-0.2, 0) is 12.3 Å². The summed E-state index contributed by atoms with van der Waals surface area (Å²) in [5.41, 5.74) is 5.89. The number of imidazole rings is 1. The van der Waals surface area contributed by atoms with Crippen LogP contribution in [0, 0.1) is 5.82 Å². The molecule has 36 heavy (non-hydrogen) atoms. The number of benzene rings is 2. The van der Waals surface area contributed by atoms with Gasteiger partial charge in [0, 0.05) is 24.1 Å². The first-order valence-corrected chi connectivity index (χ1v) is 13.4. The van der Waals surface area contributed by atoms with Gasteiger partial charge in [0.05, 0.1) is 23.8 Å². The maximum atomic E-state index is 13.7. The Morgan fingerprint density at radius 3 is 2.78 bits per heavy atom. The summed E-state index contributed by atoms with van der Waals surface area (Å²) in [6.07, 6.45) is 11.7. The van der Waals surface area contributed by atoms with Crippen LogP contribution in [0.15, 0.2) is 83.8 Å². The highest BCUT2D eigenvalue weighted by Crippen LogP contribution is 2.28. The van der Waals surface area contributed by atoms with E-state index in [4.69, 9.17) is 4.98 Å². The number of fused-ring (bicyclic) bond motifs is 1. The summed E-state index contributed by atoms with van der Waals surface area (Å²) in [6.45, 7) is 1.19. The minimum atomic E-state index is -0.251. The van der Waals surface area contributed by atoms with Gasteiger partial charge in [0.25, 0.3) is 5.91 Å². The summed E-state index contributed by atoms with van der Waals surface area (Å²) in [6, 6.07) is 16.3. The summed E-state index contributed by atoms with van der Waals surface area (Å²) in [5, 5.41) is 3.89. The molecule has 5 nitrogen and oxygen atoms in total. The van der Waals surface area contributed by atoms with Gasteiger partial charge in [0.2, 0.25) is 0 Å². The Bertz CT molecular complexity index is 1380. The SMILES string of the molecule is O=C(NCCC1=CCCCC1)c1ccc(CSc2nc3ccncc3n2Cc2cccc(F)c2)cc1. The fourth-order valence-electron chi connectivity index (χ4n) is 4.50. The molecule has 0 radical (unpaired) electrons. The highest BCUT2D eigenvalue weighted by molar-refractivity contribution is 7.98. The van der Waals surface area contributed by atoms with Crippen LogP contribution in [0.25, 0.3) is 11.0 Å². The number of nitrogens with zero attached hydrogens (tertiary/aromatic N) is 3. The van der Waals surface area contributed by atoms with E-state index in [2.05, 4.69) is 20.9 Å². The maximum absolute atomic E-state index is 13.7. The van der Waals surface area contributed by atoms with Gasteiger partial charge >= 0.3 is 0 Å². The van der Waals surface area contributed by atoms with Crippen LogP contribution in [0.3, 0.4) is 0 Å². The standard InChI is InChI=1S/C29H29FN4OS/c30-25-8-4-7-23(17-25)19-34-27-18-31-15-14-26(27)33-29(34)36-20-22-9-11-24(12-10-22)28(35)32-16-13-21-5-2-1-3-6-21/h4-5,7-12,14-15,17-18H,1-3,6,13,16,19-20H2,(H,32,35). The molecule has 0 fully saturated rings. The van der Waals surface area contributed by atoms with Crippen LogP contribution in [0.4, 0.5) is 4.39 Å². The number of nitrogens with one attached hydrogen (secondary N) is 1. The number of pyridine rings is 1. The molecule has 184 valence electrons. The molecule has 0 unspecified atom stereocenters. The van der Waals surface area contributed by atoms with Crippen molar-refractivity contribution in [1.82, 2.24) is 19.9 Å². The molecule has 1 aliphatic rings. The Labute approximate surface area is 214 Å². The van der Waals surface area contributed by atoms with Gasteiger partial charge in [0.15, 0.2) is 5.16 Å². The number of carbonyl (C=O) groups is 1. The first kappa shape index (κ1) is 24.3. The zero-order valence-electron chi connectivity index (χ0n) is 20.1. The number of allylic oxidation sites excluding steroid dienone is 1. The summed E-state index contributed by atoms with van der Waals surface area (Å²) >= 11 is 1.62. The van der Waals surface area contributed by atoms with Crippen molar-refractivity contribution >= 4 is 28.7 Å². The molecule has 1 aliphatic carbocycles. The number of aromatic nitrogens is 3. The molecule has 2 heterocycles. The zero-order chi connectivity index (χ0) is 24.7. The number of rotatable bonds is 9.